The third-order valence-corrected chi connectivity index (χ3v) is 5.15. The van der Waals surface area contributed by atoms with Crippen LogP contribution < -0.4 is 10.6 Å². The Morgan fingerprint density at radius 1 is 1.17 bits per heavy atom. The van der Waals surface area contributed by atoms with E-state index in [2.05, 4.69) is 10.6 Å². The van der Waals surface area contributed by atoms with E-state index in [0.29, 0.717) is 11.8 Å². The second-order valence-electron chi connectivity index (χ2n) is 6.51. The number of hydrogen-bond donors (Lipinski definition) is 2. The van der Waals surface area contributed by atoms with Gasteiger partial charge in [-0.05, 0) is 48.8 Å². The second kappa shape index (κ2) is 6.26. The van der Waals surface area contributed by atoms with Gasteiger partial charge in [-0.1, -0.05) is 12.5 Å². The molecule has 6 heteroatoms. The molecule has 4 atom stereocenters. The van der Waals surface area contributed by atoms with Gasteiger partial charge in [0.15, 0.2) is 11.6 Å². The van der Waals surface area contributed by atoms with Crippen molar-refractivity contribution in [3.63, 3.8) is 0 Å². The van der Waals surface area contributed by atoms with Gasteiger partial charge in [0, 0.05) is 13.0 Å². The van der Waals surface area contributed by atoms with Crippen LogP contribution in [0.15, 0.2) is 18.2 Å². The van der Waals surface area contributed by atoms with Gasteiger partial charge in [0.1, 0.15) is 6.04 Å². The van der Waals surface area contributed by atoms with E-state index in [-0.39, 0.29) is 17.4 Å². The van der Waals surface area contributed by atoms with Gasteiger partial charge in [0.2, 0.25) is 11.8 Å². The van der Waals surface area contributed by atoms with Crippen LogP contribution in [0.2, 0.25) is 0 Å². The predicted octanol–water partition coefficient (Wildman–Crippen LogP) is 2.30. The van der Waals surface area contributed by atoms with Gasteiger partial charge < -0.3 is 10.6 Å². The van der Waals surface area contributed by atoms with Crippen molar-refractivity contribution in [3.05, 3.63) is 35.4 Å². The fraction of sp³-hybridized carbons (Fsp3) is 0.529. The number of fused-ring (bicyclic) bond motifs is 2. The normalized spacial score (nSPS) is 26.8. The zero-order valence-corrected chi connectivity index (χ0v) is 12.9. The Morgan fingerprint density at radius 2 is 1.96 bits per heavy atom. The lowest BCUT2D eigenvalue weighted by Crippen LogP contribution is -2.42. The van der Waals surface area contributed by atoms with E-state index in [9.17, 15) is 18.4 Å². The Morgan fingerprint density at radius 3 is 2.52 bits per heavy atom. The molecule has 1 aromatic carbocycles. The highest BCUT2D eigenvalue weighted by Crippen LogP contribution is 2.48. The van der Waals surface area contributed by atoms with Crippen molar-refractivity contribution in [3.8, 4) is 0 Å². The molecule has 2 saturated carbocycles. The number of amides is 2. The van der Waals surface area contributed by atoms with Gasteiger partial charge in [0.05, 0.1) is 0 Å². The number of rotatable bonds is 4. The Labute approximate surface area is 133 Å². The number of carbonyl (C=O) groups excluding carboxylic acids is 2. The maximum Gasteiger partial charge on any atom is 0.246 e. The molecule has 0 aliphatic heterocycles. The molecule has 2 N–H and O–H groups in total. The molecule has 4 unspecified atom stereocenters. The average molecular weight is 322 g/mol. The van der Waals surface area contributed by atoms with Crippen LogP contribution in [0.4, 0.5) is 8.78 Å². The van der Waals surface area contributed by atoms with Crippen molar-refractivity contribution in [1.82, 2.24) is 10.6 Å². The van der Waals surface area contributed by atoms with Gasteiger partial charge in [-0.25, -0.2) is 8.78 Å². The molecule has 124 valence electrons. The Bertz CT molecular complexity index is 635. The molecular formula is C17H20F2N2O2. The van der Waals surface area contributed by atoms with Crippen molar-refractivity contribution in [2.75, 3.05) is 7.05 Å². The molecule has 0 aromatic heterocycles. The Hall–Kier alpha value is -1.98. The molecule has 2 aliphatic rings. The Kier molecular flexibility index (Phi) is 4.33. The Balaban J connectivity index is 1.78. The fourth-order valence-electron chi connectivity index (χ4n) is 3.95. The molecular weight excluding hydrogens is 302 g/mol. The first-order chi connectivity index (χ1) is 11.0. The molecule has 0 spiro atoms. The first-order valence-corrected chi connectivity index (χ1v) is 7.96. The lowest BCUT2D eigenvalue weighted by Gasteiger charge is -2.24. The first-order valence-electron chi connectivity index (χ1n) is 7.96. The quantitative estimate of drug-likeness (QED) is 0.894. The highest BCUT2D eigenvalue weighted by molar-refractivity contribution is 5.89. The molecule has 0 radical (unpaired) electrons. The summed E-state index contributed by atoms with van der Waals surface area (Å²) in [5, 5.41) is 5.18. The number of hydrogen-bond acceptors (Lipinski definition) is 2. The van der Waals surface area contributed by atoms with Gasteiger partial charge in [-0.15, -0.1) is 0 Å². The third kappa shape index (κ3) is 3.07. The largest absolute Gasteiger partial charge is 0.357 e. The summed E-state index contributed by atoms with van der Waals surface area (Å²) in [6.45, 7) is 0. The second-order valence-corrected chi connectivity index (χ2v) is 6.51. The molecule has 1 aromatic rings. The third-order valence-electron chi connectivity index (χ3n) is 5.15. The maximum absolute atomic E-state index is 13.4. The summed E-state index contributed by atoms with van der Waals surface area (Å²) in [6, 6.07) is 2.22. The summed E-state index contributed by atoms with van der Waals surface area (Å²) in [7, 11) is 1.44. The fourth-order valence-corrected chi connectivity index (χ4v) is 3.95. The molecule has 2 fully saturated rings. The highest BCUT2D eigenvalue weighted by atomic mass is 19.2. The highest BCUT2D eigenvalue weighted by Gasteiger charge is 2.43. The number of halogens is 2. The number of carbonyl (C=O) groups is 2. The number of benzene rings is 1. The van der Waals surface area contributed by atoms with Crippen LogP contribution in [0.3, 0.4) is 0 Å². The van der Waals surface area contributed by atoms with E-state index in [0.717, 1.165) is 31.4 Å². The minimum atomic E-state index is -1.04. The summed E-state index contributed by atoms with van der Waals surface area (Å²) >= 11 is 0. The first kappa shape index (κ1) is 15.9. The monoisotopic (exact) mass is 322 g/mol. The van der Waals surface area contributed by atoms with E-state index < -0.39 is 23.6 Å². The summed E-state index contributed by atoms with van der Waals surface area (Å²) < 4.78 is 26.5. The topological polar surface area (TPSA) is 58.2 Å². The number of nitrogens with one attached hydrogen (secondary N) is 2. The van der Waals surface area contributed by atoms with Crippen LogP contribution in [-0.2, 0) is 9.59 Å². The molecule has 0 heterocycles. The van der Waals surface area contributed by atoms with Crippen molar-refractivity contribution in [2.45, 2.75) is 31.7 Å². The van der Waals surface area contributed by atoms with Crippen molar-refractivity contribution >= 4 is 11.8 Å². The van der Waals surface area contributed by atoms with Crippen LogP contribution in [0, 0.1) is 29.4 Å². The summed E-state index contributed by atoms with van der Waals surface area (Å²) in [5.74, 6) is -1.73. The van der Waals surface area contributed by atoms with Gasteiger partial charge in [0.25, 0.3) is 0 Å². The van der Waals surface area contributed by atoms with Crippen molar-refractivity contribution < 1.29 is 18.4 Å². The maximum atomic E-state index is 13.4. The molecule has 3 rings (SSSR count). The van der Waals surface area contributed by atoms with Gasteiger partial charge in [-0.3, -0.25) is 9.59 Å². The molecule has 0 saturated heterocycles. The SMILES string of the molecule is CNC(=O)C(NC(=O)C1CC2CCC1C2)c1ccc(F)c(F)c1. The van der Waals surface area contributed by atoms with E-state index >= 15 is 0 Å². The smallest absolute Gasteiger partial charge is 0.246 e. The molecule has 2 bridgehead atoms. The minimum absolute atomic E-state index is 0.0776. The zero-order valence-electron chi connectivity index (χ0n) is 12.9. The zero-order chi connectivity index (χ0) is 16.6. The van der Waals surface area contributed by atoms with Crippen molar-refractivity contribution in [2.24, 2.45) is 17.8 Å². The molecule has 2 aliphatic carbocycles. The predicted molar refractivity (Wildman–Crippen MR) is 80.2 cm³/mol. The van der Waals surface area contributed by atoms with Crippen LogP contribution in [0.1, 0.15) is 37.3 Å². The lowest BCUT2D eigenvalue weighted by molar-refractivity contribution is -0.132. The minimum Gasteiger partial charge on any atom is -0.357 e. The molecule has 2 amide bonds. The van der Waals surface area contributed by atoms with Gasteiger partial charge in [-0.2, -0.15) is 0 Å². The lowest BCUT2D eigenvalue weighted by atomic mass is 9.88. The summed E-state index contributed by atoms with van der Waals surface area (Å²) in [5.41, 5.74) is 0.236. The average Bonchev–Trinajstić information content (AvgIpc) is 3.17. The van der Waals surface area contributed by atoms with E-state index in [1.807, 2.05) is 0 Å². The standard InChI is InChI=1S/C17H20F2N2O2/c1-20-17(23)15(11-4-5-13(18)14(19)8-11)21-16(22)12-7-9-2-3-10(12)6-9/h4-5,8-10,12,15H,2-3,6-7H2,1H3,(H,20,23)(H,21,22). The van der Waals surface area contributed by atoms with Crippen LogP contribution in [0.25, 0.3) is 0 Å². The van der Waals surface area contributed by atoms with Crippen LogP contribution >= 0.6 is 0 Å². The van der Waals surface area contributed by atoms with E-state index in [1.54, 1.807) is 0 Å². The van der Waals surface area contributed by atoms with Crippen molar-refractivity contribution in [1.29, 1.82) is 0 Å². The van der Waals surface area contributed by atoms with Gasteiger partial charge >= 0.3 is 0 Å². The van der Waals surface area contributed by atoms with Crippen LogP contribution in [-0.4, -0.2) is 18.9 Å². The summed E-state index contributed by atoms with van der Waals surface area (Å²) in [4.78, 5) is 24.6. The molecule has 4 nitrogen and oxygen atoms in total. The summed E-state index contributed by atoms with van der Waals surface area (Å²) in [6.07, 6.45) is 4.16. The van der Waals surface area contributed by atoms with Crippen LogP contribution in [0.5, 0.6) is 0 Å². The van der Waals surface area contributed by atoms with E-state index in [4.69, 9.17) is 0 Å². The molecule has 23 heavy (non-hydrogen) atoms. The number of likely N-dealkylation sites (N-methyl/N-ethyl adjacent to an activating group) is 1. The van der Waals surface area contributed by atoms with E-state index in [1.165, 1.54) is 19.5 Å².